The molecule has 332 valence electrons. The van der Waals surface area contributed by atoms with Gasteiger partial charge >= 0.3 is 0 Å². The molecule has 0 radical (unpaired) electrons. The maximum Gasteiger partial charge on any atom is 0.204 e. The number of rotatable bonds is 0. The lowest BCUT2D eigenvalue weighted by Gasteiger charge is -1.99. The molecule has 0 saturated carbocycles. The molecule has 0 atom stereocenters. The van der Waals surface area contributed by atoms with E-state index in [1.165, 1.54) is 10.6 Å². The van der Waals surface area contributed by atoms with Crippen LogP contribution in [0.15, 0.2) is 96.2 Å². The monoisotopic (exact) mass is 863 g/mol. The molecule has 2 aliphatic rings. The second-order valence-electron chi connectivity index (χ2n) is 14.2. The van der Waals surface area contributed by atoms with Crippen LogP contribution < -0.4 is 0 Å². The van der Waals surface area contributed by atoms with Crippen LogP contribution in [0, 0.1) is 83.1 Å². The molecule has 0 amide bonds. The van der Waals surface area contributed by atoms with Gasteiger partial charge in [-0.3, -0.25) is 39.9 Å². The zero-order valence-electron chi connectivity index (χ0n) is 39.6. The lowest BCUT2D eigenvalue weighted by Crippen LogP contribution is -2.05. The number of ether oxygens (including phenoxy) is 1. The highest BCUT2D eigenvalue weighted by molar-refractivity contribution is 8.14. The van der Waals surface area contributed by atoms with Crippen LogP contribution in [0.25, 0.3) is 0 Å². The van der Waals surface area contributed by atoms with Gasteiger partial charge in [0.1, 0.15) is 11.6 Å². The predicted molar refractivity (Wildman–Crippen MR) is 254 cm³/mol. The number of hydrogen-bond donors (Lipinski definition) is 0. The van der Waals surface area contributed by atoms with Crippen molar-refractivity contribution < 1.29 is 4.74 Å². The van der Waals surface area contributed by atoms with Crippen molar-refractivity contribution in [2.45, 2.75) is 96.9 Å². The minimum absolute atomic E-state index is 0.603. The Morgan fingerprint density at radius 2 is 0.984 bits per heavy atom. The van der Waals surface area contributed by atoms with Crippen molar-refractivity contribution in [1.82, 2.24) is 59.9 Å². The van der Waals surface area contributed by atoms with E-state index >= 15 is 0 Å². The molecule has 0 N–H and O–H groups in total. The fourth-order valence-electron chi connectivity index (χ4n) is 4.27. The van der Waals surface area contributed by atoms with Crippen LogP contribution in [0.1, 0.15) is 82.2 Å². The molecule has 6 aromatic heterocycles. The topological polar surface area (TPSA) is 169 Å². The van der Waals surface area contributed by atoms with Crippen molar-refractivity contribution in [1.29, 1.82) is 0 Å². The molecular weight excluding hydrogens is 797 g/mol. The minimum Gasteiger partial charge on any atom is -0.457 e. The SMILES string of the molecule is CC1=NN(C)CO1.CC1=NN(C)CS1.Cc1ccc(C)nc1.Cc1cccc(C)n1.Cc1ccnc(C)n1.Cc1cnc(C)cn1.Cc1cnc(C)nc1.Cc1cncc(C)n1. The third-order valence-corrected chi connectivity index (χ3v) is 8.24. The average Bonchev–Trinajstić information content (AvgIpc) is 3.80. The van der Waals surface area contributed by atoms with Gasteiger partial charge < -0.3 is 4.74 Å². The van der Waals surface area contributed by atoms with E-state index in [4.69, 9.17) is 4.74 Å². The maximum absolute atomic E-state index is 4.94. The third kappa shape index (κ3) is 29.0. The number of thioether (sulfide) groups is 1. The number of hydrazone groups is 2. The highest BCUT2D eigenvalue weighted by Crippen LogP contribution is 2.13. The summed E-state index contributed by atoms with van der Waals surface area (Å²) >= 11 is 1.78. The summed E-state index contributed by atoms with van der Waals surface area (Å²) < 4.78 is 4.94. The van der Waals surface area contributed by atoms with Gasteiger partial charge in [0.25, 0.3) is 0 Å². The van der Waals surface area contributed by atoms with Crippen LogP contribution in [0.4, 0.5) is 0 Å². The molecule has 0 unspecified atom stereocenters. The van der Waals surface area contributed by atoms with Gasteiger partial charge in [-0.1, -0.05) is 23.9 Å². The third-order valence-electron chi connectivity index (χ3n) is 7.24. The summed E-state index contributed by atoms with van der Waals surface area (Å²) in [5.41, 5.74) is 10.5. The molecule has 0 fully saturated rings. The second-order valence-corrected chi connectivity index (χ2v) is 15.3. The first-order valence-corrected chi connectivity index (χ1v) is 20.9. The fourth-order valence-corrected chi connectivity index (χ4v) is 4.90. The van der Waals surface area contributed by atoms with Crippen LogP contribution in [0.3, 0.4) is 0 Å². The Bertz CT molecular complexity index is 1840. The highest BCUT2D eigenvalue weighted by Gasteiger charge is 2.04. The quantitative estimate of drug-likeness (QED) is 0.142. The van der Waals surface area contributed by atoms with Crippen molar-refractivity contribution in [2.24, 2.45) is 10.2 Å². The van der Waals surface area contributed by atoms with E-state index in [-0.39, 0.29) is 0 Å². The smallest absolute Gasteiger partial charge is 0.204 e. The van der Waals surface area contributed by atoms with E-state index < -0.39 is 0 Å². The molecule has 0 spiro atoms. The standard InChI is InChI=1S/2C7H9N.4C6H8N2.C4H8N2O.C4H8N2S/c1-6-3-4-7(2)8-5-6;1-6-4-3-5-7(2)8-6;1-5-3-8-6(2)4-7-5;1-5-3-7-4-6(2)8-5;1-5-3-7-6(2)8-4-5;1-5-3-4-7-6(2)8-5;2*1-4-5-6(2)3-7-4/h2*3-5H,1-2H3;4*3-4H,1-2H3;2*3H2,1-2H3. The minimum atomic E-state index is 0.603. The molecule has 8 heterocycles. The van der Waals surface area contributed by atoms with E-state index in [0.717, 1.165) is 74.5 Å². The summed E-state index contributed by atoms with van der Waals surface area (Å²) in [6.07, 6.45) is 14.3. The Kier molecular flexibility index (Phi) is 26.6. The van der Waals surface area contributed by atoms with E-state index in [2.05, 4.69) is 66.1 Å². The molecular formula is C46H66N14OS. The van der Waals surface area contributed by atoms with Crippen LogP contribution in [0.5, 0.6) is 0 Å². The van der Waals surface area contributed by atoms with Gasteiger partial charge in [-0.25, -0.2) is 19.9 Å². The summed E-state index contributed by atoms with van der Waals surface area (Å²) in [6.45, 7) is 27.9. The van der Waals surface area contributed by atoms with Crippen molar-refractivity contribution in [3.63, 3.8) is 0 Å². The van der Waals surface area contributed by atoms with Gasteiger partial charge in [-0.15, -0.1) is 5.10 Å². The van der Waals surface area contributed by atoms with E-state index in [9.17, 15) is 0 Å². The largest absolute Gasteiger partial charge is 0.457 e. The number of aromatic nitrogens is 10. The van der Waals surface area contributed by atoms with Crippen LogP contribution in [0.2, 0.25) is 0 Å². The van der Waals surface area contributed by atoms with E-state index in [1.54, 1.807) is 47.8 Å². The van der Waals surface area contributed by atoms with E-state index in [0.29, 0.717) is 6.73 Å². The van der Waals surface area contributed by atoms with Gasteiger partial charge in [0, 0.05) is 93.4 Å². The summed E-state index contributed by atoms with van der Waals surface area (Å²) in [7, 11) is 3.85. The Labute approximate surface area is 374 Å². The van der Waals surface area contributed by atoms with Crippen molar-refractivity contribution in [3.8, 4) is 0 Å². The lowest BCUT2D eigenvalue weighted by molar-refractivity contribution is 0.198. The molecule has 0 saturated heterocycles. The fraction of sp³-hybridized carbons (Fsp3) is 0.391. The zero-order valence-corrected chi connectivity index (χ0v) is 40.4. The molecule has 6 aromatic rings. The first-order chi connectivity index (χ1) is 29.3. The van der Waals surface area contributed by atoms with Crippen molar-refractivity contribution in [3.05, 3.63) is 154 Å². The van der Waals surface area contributed by atoms with Crippen LogP contribution in [-0.2, 0) is 4.74 Å². The van der Waals surface area contributed by atoms with Crippen LogP contribution in [-0.4, -0.2) is 97.5 Å². The van der Waals surface area contributed by atoms with E-state index in [1.807, 2.05) is 165 Å². The molecule has 8 rings (SSSR count). The molecule has 2 aliphatic heterocycles. The summed E-state index contributed by atoms with van der Waals surface area (Å²) in [6, 6.07) is 11.9. The number of nitrogens with zero attached hydrogens (tertiary/aromatic N) is 14. The Morgan fingerprint density at radius 1 is 0.452 bits per heavy atom. The molecule has 62 heavy (non-hydrogen) atoms. The van der Waals surface area contributed by atoms with Gasteiger partial charge in [0.2, 0.25) is 5.90 Å². The summed E-state index contributed by atoms with van der Waals surface area (Å²) in [5, 5.41) is 12.9. The number of hydrogen-bond acceptors (Lipinski definition) is 16. The number of aryl methyl sites for hydroxylation is 12. The Hall–Kier alpha value is -6.29. The number of pyridine rings is 2. The van der Waals surface area contributed by atoms with Crippen LogP contribution >= 0.6 is 11.8 Å². The first kappa shape index (κ1) is 53.7. The predicted octanol–water partition coefficient (Wildman–Crippen LogP) is 8.97. The van der Waals surface area contributed by atoms with Crippen molar-refractivity contribution >= 4 is 22.7 Å². The summed E-state index contributed by atoms with van der Waals surface area (Å²) in [5.74, 6) is 3.44. The van der Waals surface area contributed by atoms with Gasteiger partial charge in [-0.2, -0.15) is 5.10 Å². The molecule has 0 bridgehead atoms. The molecule has 16 heteroatoms. The van der Waals surface area contributed by atoms with Gasteiger partial charge in [0.05, 0.1) is 33.7 Å². The zero-order chi connectivity index (χ0) is 46.5. The lowest BCUT2D eigenvalue weighted by atomic mass is 10.3. The first-order valence-electron chi connectivity index (χ1n) is 19.9. The molecule has 0 aromatic carbocycles. The highest BCUT2D eigenvalue weighted by atomic mass is 32.2. The second kappa shape index (κ2) is 30.7. The molecule has 15 nitrogen and oxygen atoms in total. The van der Waals surface area contributed by atoms with Gasteiger partial charge in [-0.05, 0) is 125 Å². The molecule has 0 aliphatic carbocycles. The normalized spacial score (nSPS) is 11.6. The Morgan fingerprint density at radius 3 is 1.26 bits per heavy atom. The average molecular weight is 863 g/mol. The van der Waals surface area contributed by atoms with Gasteiger partial charge in [0.15, 0.2) is 6.73 Å². The summed E-state index contributed by atoms with van der Waals surface area (Å²) in [4.78, 5) is 40.2. The maximum atomic E-state index is 4.94. The Balaban J connectivity index is 0.000000354. The van der Waals surface area contributed by atoms with Crippen molar-refractivity contribution in [2.75, 3.05) is 26.7 Å².